The average molecular weight is 281 g/mol. The molecule has 7 heteroatoms. The number of carbonyl (C=O) groups excluding carboxylic acids is 1. The molecule has 0 aliphatic heterocycles. The molecule has 0 radical (unpaired) electrons. The minimum Gasteiger partial charge on any atom is -0.482 e. The van der Waals surface area contributed by atoms with Crippen molar-refractivity contribution in [3.05, 3.63) is 29.8 Å². The highest BCUT2D eigenvalue weighted by Crippen LogP contribution is 2.11. The quantitative estimate of drug-likeness (QED) is 0.347. The van der Waals surface area contributed by atoms with E-state index >= 15 is 0 Å². The van der Waals surface area contributed by atoms with E-state index in [4.69, 9.17) is 15.2 Å². The van der Waals surface area contributed by atoms with Crippen molar-refractivity contribution in [3.8, 4) is 5.75 Å². The molecular formula is C12H15N3O3S. The minimum absolute atomic E-state index is 0.0889. The number of esters is 1. The molecule has 0 fully saturated rings. The first-order chi connectivity index (χ1) is 9.11. The van der Waals surface area contributed by atoms with Crippen LogP contribution < -0.4 is 15.9 Å². The van der Waals surface area contributed by atoms with Gasteiger partial charge in [0, 0.05) is 0 Å². The van der Waals surface area contributed by atoms with E-state index in [0.29, 0.717) is 12.4 Å². The van der Waals surface area contributed by atoms with Crippen LogP contribution in [-0.4, -0.2) is 30.5 Å². The molecule has 0 atom stereocenters. The number of thiocarbonyl (C=S) groups is 1. The lowest BCUT2D eigenvalue weighted by Gasteiger charge is -2.06. The van der Waals surface area contributed by atoms with Crippen LogP contribution in [0.4, 0.5) is 0 Å². The van der Waals surface area contributed by atoms with Crippen LogP contribution in [0.3, 0.4) is 0 Å². The van der Waals surface area contributed by atoms with Crippen molar-refractivity contribution >= 4 is 29.5 Å². The summed E-state index contributed by atoms with van der Waals surface area (Å²) in [6.45, 7) is 1.95. The van der Waals surface area contributed by atoms with Crippen LogP contribution in [0.1, 0.15) is 12.5 Å². The fourth-order valence-corrected chi connectivity index (χ4v) is 1.25. The molecule has 0 spiro atoms. The number of hydrogen-bond donors (Lipinski definition) is 2. The van der Waals surface area contributed by atoms with E-state index in [1.54, 1.807) is 25.1 Å². The molecule has 3 N–H and O–H groups in total. The zero-order valence-corrected chi connectivity index (χ0v) is 11.3. The lowest BCUT2D eigenvalue weighted by atomic mass is 10.2. The van der Waals surface area contributed by atoms with E-state index < -0.39 is 5.97 Å². The third-order valence-electron chi connectivity index (χ3n) is 1.91. The number of ether oxygens (including phenoxy) is 2. The highest BCUT2D eigenvalue weighted by Gasteiger charge is 2.02. The molecule has 0 saturated carbocycles. The second-order valence-electron chi connectivity index (χ2n) is 3.40. The number of nitrogens with zero attached hydrogens (tertiary/aromatic N) is 1. The zero-order valence-electron chi connectivity index (χ0n) is 10.5. The summed E-state index contributed by atoms with van der Waals surface area (Å²) in [4.78, 5) is 11.1. The Kier molecular flexibility index (Phi) is 6.31. The van der Waals surface area contributed by atoms with Gasteiger partial charge >= 0.3 is 5.97 Å². The van der Waals surface area contributed by atoms with Crippen LogP contribution >= 0.6 is 12.2 Å². The summed E-state index contributed by atoms with van der Waals surface area (Å²) < 4.78 is 10.0. The predicted molar refractivity (Wildman–Crippen MR) is 76.1 cm³/mol. The van der Waals surface area contributed by atoms with Gasteiger partial charge in [-0.25, -0.2) is 4.79 Å². The first kappa shape index (κ1) is 14.9. The summed E-state index contributed by atoms with van der Waals surface area (Å²) in [5.41, 5.74) is 8.45. The van der Waals surface area contributed by atoms with Gasteiger partial charge in [0.25, 0.3) is 0 Å². The Morgan fingerprint density at radius 3 is 3.05 bits per heavy atom. The monoisotopic (exact) mass is 281 g/mol. The Morgan fingerprint density at radius 1 is 1.58 bits per heavy atom. The Balaban J connectivity index is 2.54. The number of benzene rings is 1. The SMILES string of the molecule is CCOC(=O)COc1cccc(C=NNC(N)=S)c1. The number of hydrogen-bond acceptors (Lipinski definition) is 5. The normalized spacial score (nSPS) is 10.2. The maximum absolute atomic E-state index is 11.1. The van der Waals surface area contributed by atoms with Gasteiger partial charge in [-0.1, -0.05) is 12.1 Å². The zero-order chi connectivity index (χ0) is 14.1. The van der Waals surface area contributed by atoms with Crippen LogP contribution in [0.15, 0.2) is 29.4 Å². The first-order valence-corrected chi connectivity index (χ1v) is 5.99. The van der Waals surface area contributed by atoms with Crippen molar-refractivity contribution in [1.29, 1.82) is 0 Å². The maximum Gasteiger partial charge on any atom is 0.344 e. The maximum atomic E-state index is 11.1. The first-order valence-electron chi connectivity index (χ1n) is 5.59. The molecular weight excluding hydrogens is 266 g/mol. The molecule has 0 aromatic heterocycles. The predicted octanol–water partition coefficient (Wildman–Crippen LogP) is 0.796. The van der Waals surface area contributed by atoms with E-state index in [0.717, 1.165) is 5.56 Å². The van der Waals surface area contributed by atoms with Crippen molar-refractivity contribution in [1.82, 2.24) is 5.43 Å². The molecule has 1 rings (SSSR count). The molecule has 0 bridgehead atoms. The van der Waals surface area contributed by atoms with Gasteiger partial charge in [0.15, 0.2) is 11.7 Å². The van der Waals surface area contributed by atoms with Crippen LogP contribution in [0, 0.1) is 0 Å². The molecule has 19 heavy (non-hydrogen) atoms. The number of carbonyl (C=O) groups is 1. The smallest absolute Gasteiger partial charge is 0.344 e. The van der Waals surface area contributed by atoms with Crippen molar-refractivity contribution < 1.29 is 14.3 Å². The second-order valence-corrected chi connectivity index (χ2v) is 3.84. The van der Waals surface area contributed by atoms with Crippen LogP contribution in [0.25, 0.3) is 0 Å². The minimum atomic E-state index is -0.406. The van der Waals surface area contributed by atoms with Crippen molar-refractivity contribution in [2.45, 2.75) is 6.92 Å². The van der Waals surface area contributed by atoms with E-state index in [1.807, 2.05) is 6.07 Å². The Labute approximate surface area is 116 Å². The average Bonchev–Trinajstić information content (AvgIpc) is 2.37. The molecule has 0 amide bonds. The molecule has 0 unspecified atom stereocenters. The lowest BCUT2D eigenvalue weighted by Crippen LogP contribution is -2.23. The largest absolute Gasteiger partial charge is 0.482 e. The Morgan fingerprint density at radius 2 is 2.37 bits per heavy atom. The summed E-state index contributed by atoms with van der Waals surface area (Å²) in [6.07, 6.45) is 1.54. The molecule has 1 aromatic carbocycles. The summed E-state index contributed by atoms with van der Waals surface area (Å²) >= 11 is 4.61. The van der Waals surface area contributed by atoms with E-state index in [9.17, 15) is 4.79 Å². The van der Waals surface area contributed by atoms with Crippen molar-refractivity contribution in [2.24, 2.45) is 10.8 Å². The van der Waals surface area contributed by atoms with Crippen LogP contribution in [0.5, 0.6) is 5.75 Å². The van der Waals surface area contributed by atoms with E-state index in [-0.39, 0.29) is 11.7 Å². The van der Waals surface area contributed by atoms with Gasteiger partial charge in [-0.15, -0.1) is 0 Å². The van der Waals surface area contributed by atoms with Gasteiger partial charge in [0.2, 0.25) is 0 Å². The highest BCUT2D eigenvalue weighted by molar-refractivity contribution is 7.80. The van der Waals surface area contributed by atoms with Crippen molar-refractivity contribution in [3.63, 3.8) is 0 Å². The summed E-state index contributed by atoms with van der Waals surface area (Å²) in [5, 5.41) is 3.91. The Bertz CT molecular complexity index is 477. The van der Waals surface area contributed by atoms with Gasteiger partial charge in [0.05, 0.1) is 12.8 Å². The topological polar surface area (TPSA) is 85.9 Å². The van der Waals surface area contributed by atoms with Gasteiger partial charge in [-0.2, -0.15) is 5.10 Å². The number of nitrogens with one attached hydrogen (secondary N) is 1. The second kappa shape index (κ2) is 8.04. The number of nitrogens with two attached hydrogens (primary N) is 1. The molecule has 102 valence electrons. The number of hydrazone groups is 1. The summed E-state index contributed by atoms with van der Waals surface area (Å²) in [5.74, 6) is 0.143. The molecule has 1 aromatic rings. The van der Waals surface area contributed by atoms with Crippen LogP contribution in [0.2, 0.25) is 0 Å². The number of rotatable bonds is 6. The third kappa shape index (κ3) is 6.37. The summed E-state index contributed by atoms with van der Waals surface area (Å²) in [6, 6.07) is 7.06. The fourth-order valence-electron chi connectivity index (χ4n) is 1.20. The van der Waals surface area contributed by atoms with E-state index in [1.165, 1.54) is 6.21 Å². The van der Waals surface area contributed by atoms with E-state index in [2.05, 4.69) is 22.7 Å². The standard InChI is InChI=1S/C12H15N3O3S/c1-2-17-11(16)8-18-10-5-3-4-9(6-10)7-14-15-12(13)19/h3-7H,2,8H2,1H3,(H3,13,15,19). The van der Waals surface area contributed by atoms with Crippen molar-refractivity contribution in [2.75, 3.05) is 13.2 Å². The highest BCUT2D eigenvalue weighted by atomic mass is 32.1. The van der Waals surface area contributed by atoms with Crippen LogP contribution in [-0.2, 0) is 9.53 Å². The summed E-state index contributed by atoms with van der Waals surface area (Å²) in [7, 11) is 0. The molecule has 0 saturated heterocycles. The third-order valence-corrected chi connectivity index (χ3v) is 2.00. The molecule has 0 aliphatic carbocycles. The fraction of sp³-hybridized carbons (Fsp3) is 0.250. The lowest BCUT2D eigenvalue weighted by molar-refractivity contribution is -0.145. The van der Waals surface area contributed by atoms with Gasteiger partial charge < -0.3 is 15.2 Å². The molecule has 0 aliphatic rings. The molecule has 6 nitrogen and oxygen atoms in total. The van der Waals surface area contributed by atoms with Gasteiger partial charge in [0.1, 0.15) is 5.75 Å². The Hall–Kier alpha value is -2.15. The molecule has 0 heterocycles. The van der Waals surface area contributed by atoms with Gasteiger partial charge in [-0.05, 0) is 36.8 Å². The van der Waals surface area contributed by atoms with Gasteiger partial charge in [-0.3, -0.25) is 5.43 Å².